The van der Waals surface area contributed by atoms with Crippen molar-refractivity contribution >= 4 is 52.7 Å². The number of nitrogens with zero attached hydrogens (tertiary/aromatic N) is 1. The Morgan fingerprint density at radius 2 is 1.83 bits per heavy atom. The van der Waals surface area contributed by atoms with Crippen LogP contribution < -0.4 is 5.32 Å². The molecule has 0 saturated heterocycles. The molecule has 10 heteroatoms. The van der Waals surface area contributed by atoms with E-state index in [2.05, 4.69) is 5.32 Å². The zero-order chi connectivity index (χ0) is 22.6. The number of hydrogen-bond donors (Lipinski definition) is 1. The van der Waals surface area contributed by atoms with Crippen LogP contribution in [0.25, 0.3) is 0 Å². The van der Waals surface area contributed by atoms with Gasteiger partial charge in [-0.3, -0.25) is 14.5 Å². The van der Waals surface area contributed by atoms with E-state index >= 15 is 0 Å². The Bertz CT molecular complexity index is 653. The van der Waals surface area contributed by atoms with Gasteiger partial charge in [-0.1, -0.05) is 48.7 Å². The van der Waals surface area contributed by atoms with Gasteiger partial charge in [-0.25, -0.2) is 4.79 Å². The zero-order valence-electron chi connectivity index (χ0n) is 17.6. The number of halogens is 3. The third-order valence-electron chi connectivity index (χ3n) is 4.01. The molecule has 3 amide bonds. The Kier molecular flexibility index (Phi) is 9.12. The van der Waals surface area contributed by atoms with Gasteiger partial charge >= 0.3 is 6.09 Å². The van der Waals surface area contributed by atoms with Gasteiger partial charge in [-0.15, -0.1) is 0 Å². The predicted octanol–water partition coefficient (Wildman–Crippen LogP) is 4.34. The minimum atomic E-state index is -1.54. The van der Waals surface area contributed by atoms with E-state index in [1.165, 1.54) is 13.2 Å². The first-order chi connectivity index (χ1) is 13.1. The summed E-state index contributed by atoms with van der Waals surface area (Å²) in [4.78, 5) is 39.1. The topological polar surface area (TPSA) is 84.9 Å². The fraction of sp³-hybridized carbons (Fsp3) is 0.737. The Morgan fingerprint density at radius 3 is 2.28 bits per heavy atom. The van der Waals surface area contributed by atoms with Gasteiger partial charge in [0.05, 0.1) is 13.2 Å². The Balaban J connectivity index is 3.07. The van der Waals surface area contributed by atoms with E-state index in [0.29, 0.717) is 12.2 Å². The third-order valence-corrected chi connectivity index (χ3v) is 4.58. The number of rotatable bonds is 7. The molecule has 1 aliphatic rings. The number of methoxy groups -OCH3 is 1. The Labute approximate surface area is 187 Å². The summed E-state index contributed by atoms with van der Waals surface area (Å²) in [5, 5.41) is 2.58. The highest BCUT2D eigenvalue weighted by atomic mass is 35.6. The highest BCUT2D eigenvalue weighted by Crippen LogP contribution is 2.35. The molecule has 0 aromatic rings. The number of carbonyl (C=O) groups excluding carboxylic acids is 3. The predicted molar refractivity (Wildman–Crippen MR) is 113 cm³/mol. The Hall–Kier alpha value is -1.18. The SMILES string of the molecule is COC1=CC(=O)N(C(=O)[C@@H](CC(C)C)NC(=O)OC(C)(C)C)[C@@H]1CCC(Cl)(Cl)Cl. The molecule has 2 atom stereocenters. The maximum atomic E-state index is 13.2. The molecular weight excluding hydrogens is 443 g/mol. The number of nitrogens with one attached hydrogen (secondary N) is 1. The molecule has 7 nitrogen and oxygen atoms in total. The lowest BCUT2D eigenvalue weighted by atomic mass is 10.0. The summed E-state index contributed by atoms with van der Waals surface area (Å²) < 4.78 is 8.97. The number of ether oxygens (including phenoxy) is 2. The van der Waals surface area contributed by atoms with Crippen molar-refractivity contribution in [1.82, 2.24) is 10.2 Å². The number of carbonyl (C=O) groups is 3. The maximum absolute atomic E-state index is 13.2. The molecule has 1 heterocycles. The van der Waals surface area contributed by atoms with E-state index in [9.17, 15) is 14.4 Å². The lowest BCUT2D eigenvalue weighted by Crippen LogP contribution is -2.53. The van der Waals surface area contributed by atoms with Gasteiger partial charge in [0.1, 0.15) is 17.4 Å². The van der Waals surface area contributed by atoms with Gasteiger partial charge in [-0.2, -0.15) is 0 Å². The summed E-state index contributed by atoms with van der Waals surface area (Å²) in [6, 6.07) is -1.67. The second-order valence-corrected chi connectivity index (χ2v) is 10.8. The highest BCUT2D eigenvalue weighted by Gasteiger charge is 2.42. The van der Waals surface area contributed by atoms with Crippen LogP contribution in [0.4, 0.5) is 4.79 Å². The first kappa shape index (κ1) is 25.9. The van der Waals surface area contributed by atoms with Crippen LogP contribution in [0.3, 0.4) is 0 Å². The first-order valence-corrected chi connectivity index (χ1v) is 10.5. The molecule has 0 saturated carbocycles. The zero-order valence-corrected chi connectivity index (χ0v) is 19.8. The van der Waals surface area contributed by atoms with E-state index in [1.807, 2.05) is 13.8 Å². The summed E-state index contributed by atoms with van der Waals surface area (Å²) in [5.41, 5.74) is -0.726. The van der Waals surface area contributed by atoms with Crippen LogP contribution in [0.15, 0.2) is 11.8 Å². The largest absolute Gasteiger partial charge is 0.499 e. The van der Waals surface area contributed by atoms with Crippen LogP contribution in [-0.2, 0) is 19.1 Å². The number of hydrogen-bond acceptors (Lipinski definition) is 5. The third kappa shape index (κ3) is 8.60. The van der Waals surface area contributed by atoms with Gasteiger partial charge in [0.2, 0.25) is 0 Å². The van der Waals surface area contributed by atoms with Crippen molar-refractivity contribution in [2.24, 2.45) is 5.92 Å². The summed E-state index contributed by atoms with van der Waals surface area (Å²) >= 11 is 17.5. The lowest BCUT2D eigenvalue weighted by molar-refractivity contribution is -0.145. The lowest BCUT2D eigenvalue weighted by Gasteiger charge is -2.30. The number of alkyl carbamates (subject to hydrolysis) is 1. The minimum Gasteiger partial charge on any atom is -0.499 e. The monoisotopic (exact) mass is 470 g/mol. The molecule has 29 heavy (non-hydrogen) atoms. The molecule has 166 valence electrons. The van der Waals surface area contributed by atoms with Crippen molar-refractivity contribution in [2.75, 3.05) is 7.11 Å². The molecule has 1 N–H and O–H groups in total. The fourth-order valence-corrected chi connectivity index (χ4v) is 3.24. The second kappa shape index (κ2) is 10.2. The molecule has 0 fully saturated rings. The standard InChI is InChI=1S/C19H29Cl3N2O5/c1-11(2)9-12(23-17(27)29-18(3,4)5)16(26)24-13(7-8-19(20,21)22)14(28-6)10-15(24)25/h10-13H,7-9H2,1-6H3,(H,23,27)/t12-,13-/m1/s1. The van der Waals surface area contributed by atoms with Gasteiger partial charge in [0.25, 0.3) is 11.8 Å². The van der Waals surface area contributed by atoms with Gasteiger partial charge in [0.15, 0.2) is 3.79 Å². The Morgan fingerprint density at radius 1 is 1.24 bits per heavy atom. The molecule has 0 aromatic carbocycles. The molecule has 1 aliphatic heterocycles. The molecule has 0 aliphatic carbocycles. The van der Waals surface area contributed by atoms with E-state index in [1.54, 1.807) is 20.8 Å². The molecule has 0 bridgehead atoms. The average molecular weight is 472 g/mol. The fourth-order valence-electron chi connectivity index (χ4n) is 2.91. The highest BCUT2D eigenvalue weighted by molar-refractivity contribution is 6.67. The van der Waals surface area contributed by atoms with Crippen LogP contribution >= 0.6 is 34.8 Å². The van der Waals surface area contributed by atoms with Crippen molar-refractivity contribution in [2.45, 2.75) is 75.4 Å². The molecular formula is C19H29Cl3N2O5. The summed E-state index contributed by atoms with van der Waals surface area (Å²) in [6.45, 7) is 8.97. The van der Waals surface area contributed by atoms with Crippen LogP contribution in [-0.4, -0.2) is 51.4 Å². The molecule has 0 radical (unpaired) electrons. The van der Waals surface area contributed by atoms with E-state index in [-0.39, 0.29) is 18.8 Å². The summed E-state index contributed by atoms with van der Waals surface area (Å²) in [7, 11) is 1.40. The summed E-state index contributed by atoms with van der Waals surface area (Å²) in [6.07, 6.45) is 1.13. The molecule has 0 spiro atoms. The van der Waals surface area contributed by atoms with Crippen LogP contribution in [0.5, 0.6) is 0 Å². The molecule has 0 aromatic heterocycles. The normalized spacial score (nSPS) is 18.6. The van der Waals surface area contributed by atoms with Gasteiger partial charge in [0, 0.05) is 6.08 Å². The smallest absolute Gasteiger partial charge is 0.408 e. The van der Waals surface area contributed by atoms with Crippen LogP contribution in [0, 0.1) is 5.92 Å². The summed E-state index contributed by atoms with van der Waals surface area (Å²) in [5.74, 6) is -0.725. The van der Waals surface area contributed by atoms with Gasteiger partial charge in [-0.05, 0) is 46.0 Å². The van der Waals surface area contributed by atoms with Crippen LogP contribution in [0.2, 0.25) is 0 Å². The van der Waals surface area contributed by atoms with Crippen LogP contribution in [0.1, 0.15) is 53.9 Å². The molecule has 0 unspecified atom stereocenters. The van der Waals surface area contributed by atoms with Crippen molar-refractivity contribution in [1.29, 1.82) is 0 Å². The van der Waals surface area contributed by atoms with Crippen molar-refractivity contribution in [3.05, 3.63) is 11.8 Å². The van der Waals surface area contributed by atoms with Gasteiger partial charge < -0.3 is 14.8 Å². The number of alkyl halides is 3. The quantitative estimate of drug-likeness (QED) is 0.558. The van der Waals surface area contributed by atoms with E-state index < -0.39 is 39.4 Å². The average Bonchev–Trinajstić information content (AvgIpc) is 2.84. The van der Waals surface area contributed by atoms with Crippen molar-refractivity contribution in [3.8, 4) is 0 Å². The van der Waals surface area contributed by atoms with E-state index in [0.717, 1.165) is 4.90 Å². The number of amides is 3. The van der Waals surface area contributed by atoms with Crippen molar-refractivity contribution < 1.29 is 23.9 Å². The minimum absolute atomic E-state index is 0.0751. The number of imide groups is 1. The molecule has 1 rings (SSSR count). The first-order valence-electron chi connectivity index (χ1n) is 9.33. The van der Waals surface area contributed by atoms with E-state index in [4.69, 9.17) is 44.3 Å². The maximum Gasteiger partial charge on any atom is 0.408 e. The second-order valence-electron chi connectivity index (χ2n) is 8.30. The van der Waals surface area contributed by atoms with Crippen molar-refractivity contribution in [3.63, 3.8) is 0 Å².